The van der Waals surface area contributed by atoms with Gasteiger partial charge in [0.1, 0.15) is 5.82 Å². The number of benzene rings is 2. The van der Waals surface area contributed by atoms with Gasteiger partial charge < -0.3 is 9.13 Å². The zero-order chi connectivity index (χ0) is 20.2. The second kappa shape index (κ2) is 8.57. The summed E-state index contributed by atoms with van der Waals surface area (Å²) in [6.07, 6.45) is 6.45. The van der Waals surface area contributed by atoms with E-state index in [2.05, 4.69) is 40.1 Å². The molecular weight excluding hydrogens is 383 g/mol. The highest BCUT2D eigenvalue weighted by Crippen LogP contribution is 2.24. The van der Waals surface area contributed by atoms with Gasteiger partial charge in [0.05, 0.1) is 17.7 Å². The predicted molar refractivity (Wildman–Crippen MR) is 116 cm³/mol. The number of rotatable bonds is 6. The Morgan fingerprint density at radius 3 is 2.69 bits per heavy atom. The van der Waals surface area contributed by atoms with Crippen LogP contribution in [0, 0.1) is 19.7 Å². The number of hydrogen-bond acceptors (Lipinski definition) is 3. The van der Waals surface area contributed by atoms with Crippen LogP contribution in [-0.2, 0) is 13.1 Å². The van der Waals surface area contributed by atoms with Gasteiger partial charge in [0.2, 0.25) is 0 Å². The van der Waals surface area contributed by atoms with E-state index < -0.39 is 0 Å². The van der Waals surface area contributed by atoms with Gasteiger partial charge in [-0.2, -0.15) is 0 Å². The van der Waals surface area contributed by atoms with Crippen molar-refractivity contribution in [3.63, 3.8) is 0 Å². The number of thiazole rings is 1. The van der Waals surface area contributed by atoms with Crippen molar-refractivity contribution in [2.75, 3.05) is 0 Å². The third-order valence-corrected chi connectivity index (χ3v) is 5.88. The molecule has 4 rings (SSSR count). The fraction of sp³-hybridized carbons (Fsp3) is 0.217. The maximum atomic E-state index is 14.5. The SMILES string of the molecule is Cc1ccc(N=c2scc(-c3ccccc3F)n2CCCn2ccnc2)cc1C. The van der Waals surface area contributed by atoms with Crippen LogP contribution >= 0.6 is 11.3 Å². The van der Waals surface area contributed by atoms with Gasteiger partial charge in [-0.15, -0.1) is 11.3 Å². The summed E-state index contributed by atoms with van der Waals surface area (Å²) in [6.45, 7) is 5.78. The molecule has 0 aliphatic carbocycles. The molecule has 0 unspecified atom stereocenters. The van der Waals surface area contributed by atoms with Crippen LogP contribution in [0.1, 0.15) is 17.5 Å². The van der Waals surface area contributed by atoms with Gasteiger partial charge in [-0.3, -0.25) is 0 Å². The van der Waals surface area contributed by atoms with Gasteiger partial charge in [0, 0.05) is 36.4 Å². The number of halogens is 1. The quantitative estimate of drug-likeness (QED) is 0.417. The fourth-order valence-electron chi connectivity index (χ4n) is 3.26. The molecule has 0 spiro atoms. The normalized spacial score (nSPS) is 11.9. The molecule has 6 heteroatoms. The summed E-state index contributed by atoms with van der Waals surface area (Å²) in [5, 5.41) is 2.00. The Hall–Kier alpha value is -2.99. The minimum absolute atomic E-state index is 0.216. The van der Waals surface area contributed by atoms with Crippen molar-refractivity contribution in [2.24, 2.45) is 4.99 Å². The van der Waals surface area contributed by atoms with E-state index in [1.165, 1.54) is 17.2 Å². The third-order valence-electron chi connectivity index (χ3n) is 5.02. The molecular formula is C23H23FN4S. The van der Waals surface area contributed by atoms with Crippen molar-refractivity contribution in [3.8, 4) is 11.3 Å². The molecule has 0 radical (unpaired) electrons. The second-order valence-electron chi connectivity index (χ2n) is 7.07. The van der Waals surface area contributed by atoms with Gasteiger partial charge in [0.25, 0.3) is 0 Å². The standard InChI is InChI=1S/C23H23FN4S/c1-17-8-9-19(14-18(17)2)26-23-28(12-5-11-27-13-10-25-16-27)22(15-29-23)20-6-3-4-7-21(20)24/h3-4,6-10,13-16H,5,11-12H2,1-2H3. The van der Waals surface area contributed by atoms with Crippen molar-refractivity contribution < 1.29 is 4.39 Å². The van der Waals surface area contributed by atoms with Crippen molar-refractivity contribution in [2.45, 2.75) is 33.4 Å². The number of aryl methyl sites for hydroxylation is 3. The molecule has 0 aliphatic heterocycles. The number of hydrogen-bond donors (Lipinski definition) is 0. The third kappa shape index (κ3) is 4.38. The smallest absolute Gasteiger partial charge is 0.190 e. The maximum absolute atomic E-state index is 14.5. The van der Waals surface area contributed by atoms with Crippen molar-refractivity contribution >= 4 is 17.0 Å². The van der Waals surface area contributed by atoms with E-state index >= 15 is 0 Å². The fourth-order valence-corrected chi connectivity index (χ4v) is 4.20. The predicted octanol–water partition coefficient (Wildman–Crippen LogP) is 5.49. The van der Waals surface area contributed by atoms with Crippen LogP contribution in [0.15, 0.2) is 71.6 Å². The average Bonchev–Trinajstić information content (AvgIpc) is 3.36. The highest BCUT2D eigenvalue weighted by molar-refractivity contribution is 7.07. The summed E-state index contributed by atoms with van der Waals surface area (Å²) in [4.78, 5) is 9.84. The molecule has 0 fully saturated rings. The Morgan fingerprint density at radius 2 is 1.93 bits per heavy atom. The van der Waals surface area contributed by atoms with Crippen LogP contribution in [0.4, 0.5) is 10.1 Å². The summed E-state index contributed by atoms with van der Waals surface area (Å²) >= 11 is 1.54. The van der Waals surface area contributed by atoms with Crippen LogP contribution in [0.3, 0.4) is 0 Å². The molecule has 0 saturated carbocycles. The summed E-state index contributed by atoms with van der Waals surface area (Å²) in [5.41, 5.74) is 4.84. The number of aromatic nitrogens is 3. The van der Waals surface area contributed by atoms with Crippen LogP contribution in [0.25, 0.3) is 11.3 Å². The monoisotopic (exact) mass is 406 g/mol. The summed E-state index contributed by atoms with van der Waals surface area (Å²) in [6, 6.07) is 13.1. The minimum Gasteiger partial charge on any atom is -0.337 e. The topological polar surface area (TPSA) is 35.1 Å². The van der Waals surface area contributed by atoms with Crippen molar-refractivity contribution in [1.29, 1.82) is 0 Å². The van der Waals surface area contributed by atoms with E-state index in [9.17, 15) is 4.39 Å². The first-order valence-electron chi connectivity index (χ1n) is 9.63. The van der Waals surface area contributed by atoms with Crippen LogP contribution in [0.5, 0.6) is 0 Å². The van der Waals surface area contributed by atoms with E-state index in [0.29, 0.717) is 5.56 Å². The van der Waals surface area contributed by atoms with E-state index in [0.717, 1.165) is 35.7 Å². The Bertz CT molecular complexity index is 1170. The highest BCUT2D eigenvalue weighted by atomic mass is 32.1. The van der Waals surface area contributed by atoms with Gasteiger partial charge in [0.15, 0.2) is 4.80 Å². The largest absolute Gasteiger partial charge is 0.337 e. The Labute approximate surface area is 173 Å². The van der Waals surface area contributed by atoms with Gasteiger partial charge in [-0.25, -0.2) is 14.4 Å². The summed E-state index contributed by atoms with van der Waals surface area (Å²) < 4.78 is 18.7. The Balaban J connectivity index is 1.73. The summed E-state index contributed by atoms with van der Waals surface area (Å²) in [5.74, 6) is -0.216. The van der Waals surface area contributed by atoms with E-state index in [-0.39, 0.29) is 5.82 Å². The molecule has 0 saturated heterocycles. The molecule has 0 aliphatic rings. The van der Waals surface area contributed by atoms with E-state index in [4.69, 9.17) is 4.99 Å². The second-order valence-corrected chi connectivity index (χ2v) is 7.91. The van der Waals surface area contributed by atoms with Crippen LogP contribution in [0.2, 0.25) is 0 Å². The molecule has 0 atom stereocenters. The van der Waals surface area contributed by atoms with Crippen LogP contribution < -0.4 is 4.80 Å². The molecule has 29 heavy (non-hydrogen) atoms. The van der Waals surface area contributed by atoms with Gasteiger partial charge in [-0.1, -0.05) is 18.2 Å². The van der Waals surface area contributed by atoms with Gasteiger partial charge in [-0.05, 0) is 55.7 Å². The first-order valence-corrected chi connectivity index (χ1v) is 10.5. The molecule has 0 N–H and O–H groups in total. The lowest BCUT2D eigenvalue weighted by molar-refractivity contribution is 0.557. The lowest BCUT2D eigenvalue weighted by Crippen LogP contribution is -2.17. The van der Waals surface area contributed by atoms with E-state index in [1.807, 2.05) is 36.1 Å². The molecule has 148 valence electrons. The van der Waals surface area contributed by atoms with E-state index in [1.54, 1.807) is 23.6 Å². The number of nitrogens with zero attached hydrogens (tertiary/aromatic N) is 4. The average molecular weight is 407 g/mol. The minimum atomic E-state index is -0.216. The Morgan fingerprint density at radius 1 is 1.07 bits per heavy atom. The number of imidazole rings is 1. The molecule has 0 bridgehead atoms. The molecule has 2 heterocycles. The van der Waals surface area contributed by atoms with Crippen molar-refractivity contribution in [1.82, 2.24) is 14.1 Å². The molecule has 2 aromatic carbocycles. The molecule has 0 amide bonds. The lowest BCUT2D eigenvalue weighted by Gasteiger charge is -2.10. The zero-order valence-corrected chi connectivity index (χ0v) is 17.4. The lowest BCUT2D eigenvalue weighted by atomic mass is 10.1. The molecule has 4 aromatic rings. The first kappa shape index (κ1) is 19.3. The Kier molecular flexibility index (Phi) is 5.71. The molecule has 4 nitrogen and oxygen atoms in total. The molecule has 2 aromatic heterocycles. The van der Waals surface area contributed by atoms with Crippen molar-refractivity contribution in [3.05, 3.63) is 88.3 Å². The van der Waals surface area contributed by atoms with Crippen LogP contribution in [-0.4, -0.2) is 14.1 Å². The summed E-state index contributed by atoms with van der Waals surface area (Å²) in [7, 11) is 0. The first-order chi connectivity index (χ1) is 14.1. The highest BCUT2D eigenvalue weighted by Gasteiger charge is 2.12. The zero-order valence-electron chi connectivity index (χ0n) is 16.5. The maximum Gasteiger partial charge on any atom is 0.190 e. The van der Waals surface area contributed by atoms with Gasteiger partial charge >= 0.3 is 0 Å².